The summed E-state index contributed by atoms with van der Waals surface area (Å²) < 4.78 is 88.5. The lowest BCUT2D eigenvalue weighted by molar-refractivity contribution is -0.276. The lowest BCUT2D eigenvalue weighted by Crippen LogP contribution is -2.20. The molecule has 1 rings (SSSR count). The number of hydrogen-bond donors (Lipinski definition) is 1. The van der Waals surface area contributed by atoms with E-state index in [4.69, 9.17) is 0 Å². The molecule has 0 aliphatic rings. The first-order chi connectivity index (χ1) is 7.15. The van der Waals surface area contributed by atoms with Crippen molar-refractivity contribution in [1.82, 2.24) is 0 Å². The fourth-order valence-corrected chi connectivity index (χ4v) is 0.834. The highest BCUT2D eigenvalue weighted by Crippen LogP contribution is 2.34. The molecule has 0 heterocycles. The first-order valence-corrected chi connectivity index (χ1v) is 3.52. The Balaban J connectivity index is 3.40. The van der Waals surface area contributed by atoms with Crippen LogP contribution in [0.5, 0.6) is 5.75 Å². The van der Waals surface area contributed by atoms with E-state index in [2.05, 4.69) is 10.5 Å². The zero-order valence-corrected chi connectivity index (χ0v) is 7.13. The van der Waals surface area contributed by atoms with Crippen molar-refractivity contribution in [2.75, 3.05) is 5.73 Å². The molecule has 2 N–H and O–H groups in total. The van der Waals surface area contributed by atoms with E-state index in [0.29, 0.717) is 0 Å². The first kappa shape index (κ1) is 12.4. The monoisotopic (exact) mass is 249 g/mol. The minimum Gasteiger partial charge on any atom is -0.399 e. The highest BCUT2D eigenvalue weighted by molar-refractivity contribution is 5.47. The van der Waals surface area contributed by atoms with E-state index in [9.17, 15) is 30.7 Å². The normalized spacial score (nSPS) is 11.7. The Labute approximate surface area is 83.4 Å². The van der Waals surface area contributed by atoms with Gasteiger partial charge in [-0.3, -0.25) is 0 Å². The van der Waals surface area contributed by atoms with E-state index in [-0.39, 0.29) is 0 Å². The molecule has 0 saturated carbocycles. The molecule has 16 heavy (non-hydrogen) atoms. The summed E-state index contributed by atoms with van der Waals surface area (Å²) in [7, 11) is 0. The van der Waals surface area contributed by atoms with Gasteiger partial charge in [-0.15, -0.1) is 13.2 Å². The van der Waals surface area contributed by atoms with Gasteiger partial charge in [0.2, 0.25) is 17.4 Å². The molecule has 0 amide bonds. The molecular formula is C7H2F7NO. The standard InChI is InChI=1S/C7H2F7NO/c8-1-3(10)6(16-7(12,13)14)4(11)2(9)5(1)15/h15H2. The van der Waals surface area contributed by atoms with Crippen molar-refractivity contribution < 1.29 is 35.5 Å². The van der Waals surface area contributed by atoms with Crippen LogP contribution in [0.2, 0.25) is 0 Å². The van der Waals surface area contributed by atoms with Crippen molar-refractivity contribution in [2.24, 2.45) is 0 Å². The quantitative estimate of drug-likeness (QED) is 0.471. The van der Waals surface area contributed by atoms with Gasteiger partial charge in [-0.1, -0.05) is 0 Å². The van der Waals surface area contributed by atoms with Crippen LogP contribution in [-0.2, 0) is 0 Å². The van der Waals surface area contributed by atoms with Crippen molar-refractivity contribution in [2.45, 2.75) is 6.36 Å². The van der Waals surface area contributed by atoms with E-state index >= 15 is 0 Å². The molecule has 1 aromatic rings. The third-order valence-corrected chi connectivity index (χ3v) is 1.47. The first-order valence-electron chi connectivity index (χ1n) is 3.52. The molecule has 0 aliphatic carbocycles. The summed E-state index contributed by atoms with van der Waals surface area (Å²) in [6.07, 6.45) is -5.49. The average molecular weight is 249 g/mol. The van der Waals surface area contributed by atoms with Crippen LogP contribution < -0.4 is 10.5 Å². The molecule has 0 aliphatic heterocycles. The molecule has 0 saturated heterocycles. The molecule has 90 valence electrons. The Morgan fingerprint density at radius 3 is 1.50 bits per heavy atom. The number of nitrogen functional groups attached to an aromatic ring is 1. The molecule has 9 heteroatoms. The highest BCUT2D eigenvalue weighted by Gasteiger charge is 2.36. The van der Waals surface area contributed by atoms with E-state index in [0.717, 1.165) is 0 Å². The number of halogens is 7. The maximum Gasteiger partial charge on any atom is 0.573 e. The summed E-state index contributed by atoms with van der Waals surface area (Å²) in [5.41, 5.74) is 2.98. The Morgan fingerprint density at radius 2 is 1.19 bits per heavy atom. The summed E-state index contributed by atoms with van der Waals surface area (Å²) >= 11 is 0. The lowest BCUT2D eigenvalue weighted by atomic mass is 10.2. The van der Waals surface area contributed by atoms with E-state index < -0.39 is 41.1 Å². The van der Waals surface area contributed by atoms with Gasteiger partial charge in [0.1, 0.15) is 5.69 Å². The predicted octanol–water partition coefficient (Wildman–Crippen LogP) is 2.72. The van der Waals surface area contributed by atoms with Gasteiger partial charge >= 0.3 is 6.36 Å². The van der Waals surface area contributed by atoms with Crippen LogP contribution in [0.25, 0.3) is 0 Å². The maximum atomic E-state index is 12.7. The summed E-state index contributed by atoms with van der Waals surface area (Å²) in [6.45, 7) is 0. The van der Waals surface area contributed by atoms with Crippen molar-refractivity contribution in [3.8, 4) is 5.75 Å². The zero-order valence-electron chi connectivity index (χ0n) is 7.13. The molecule has 2 nitrogen and oxygen atoms in total. The summed E-state index contributed by atoms with van der Waals surface area (Å²) in [5.74, 6) is -11.2. The second-order valence-corrected chi connectivity index (χ2v) is 2.55. The van der Waals surface area contributed by atoms with Gasteiger partial charge in [-0.05, 0) is 0 Å². The number of hydrogen-bond acceptors (Lipinski definition) is 2. The van der Waals surface area contributed by atoms with E-state index in [1.165, 1.54) is 0 Å². The lowest BCUT2D eigenvalue weighted by Gasteiger charge is -2.12. The minimum atomic E-state index is -5.49. The van der Waals surface area contributed by atoms with Crippen LogP contribution in [0.3, 0.4) is 0 Å². The third kappa shape index (κ3) is 2.12. The molecule has 0 bridgehead atoms. The van der Waals surface area contributed by atoms with Gasteiger partial charge in [0, 0.05) is 0 Å². The minimum absolute atomic E-state index is 1.57. The predicted molar refractivity (Wildman–Crippen MR) is 37.4 cm³/mol. The van der Waals surface area contributed by atoms with Crippen molar-refractivity contribution >= 4 is 5.69 Å². The van der Waals surface area contributed by atoms with Crippen LogP contribution in [-0.4, -0.2) is 6.36 Å². The number of benzene rings is 1. The highest BCUT2D eigenvalue weighted by atomic mass is 19.4. The summed E-state index contributed by atoms with van der Waals surface area (Å²) in [4.78, 5) is 0. The van der Waals surface area contributed by atoms with Crippen molar-refractivity contribution in [3.05, 3.63) is 23.3 Å². The molecule has 0 radical (unpaired) electrons. The molecule has 0 aromatic heterocycles. The van der Waals surface area contributed by atoms with Crippen LogP contribution in [0.15, 0.2) is 0 Å². The smallest absolute Gasteiger partial charge is 0.399 e. The van der Waals surface area contributed by atoms with E-state index in [1.54, 1.807) is 0 Å². The fourth-order valence-electron chi connectivity index (χ4n) is 0.834. The van der Waals surface area contributed by atoms with Gasteiger partial charge < -0.3 is 10.5 Å². The van der Waals surface area contributed by atoms with Crippen LogP contribution in [0.1, 0.15) is 0 Å². The van der Waals surface area contributed by atoms with Crippen LogP contribution in [0, 0.1) is 23.3 Å². The summed E-state index contributed by atoms with van der Waals surface area (Å²) in [5, 5.41) is 0. The zero-order chi connectivity index (χ0) is 12.7. The van der Waals surface area contributed by atoms with Gasteiger partial charge in [0.05, 0.1) is 0 Å². The van der Waals surface area contributed by atoms with Crippen molar-refractivity contribution in [1.29, 1.82) is 0 Å². The van der Waals surface area contributed by atoms with Gasteiger partial charge in [0.25, 0.3) is 0 Å². The molecule has 1 aromatic carbocycles. The van der Waals surface area contributed by atoms with Crippen LogP contribution >= 0.6 is 0 Å². The molecule has 0 unspecified atom stereocenters. The largest absolute Gasteiger partial charge is 0.573 e. The average Bonchev–Trinajstić information content (AvgIpc) is 2.17. The van der Waals surface area contributed by atoms with Gasteiger partial charge in [-0.2, -0.15) is 8.78 Å². The number of ether oxygens (including phenoxy) is 1. The summed E-state index contributed by atoms with van der Waals surface area (Å²) in [6, 6.07) is 0. The fraction of sp³-hybridized carbons (Fsp3) is 0.143. The SMILES string of the molecule is Nc1c(F)c(F)c(OC(F)(F)F)c(F)c1F. The molecular weight excluding hydrogens is 247 g/mol. The van der Waals surface area contributed by atoms with Gasteiger partial charge in [0.15, 0.2) is 11.6 Å². The van der Waals surface area contributed by atoms with Crippen LogP contribution in [0.4, 0.5) is 36.4 Å². The number of alkyl halides is 3. The van der Waals surface area contributed by atoms with Gasteiger partial charge in [-0.25, -0.2) is 8.78 Å². The number of nitrogens with two attached hydrogens (primary N) is 1. The topological polar surface area (TPSA) is 35.2 Å². The Kier molecular flexibility index (Phi) is 2.89. The number of anilines is 1. The second kappa shape index (κ2) is 3.72. The molecule has 0 spiro atoms. The molecule has 0 fully saturated rings. The third-order valence-electron chi connectivity index (χ3n) is 1.47. The number of rotatable bonds is 1. The Hall–Kier alpha value is -1.67. The Morgan fingerprint density at radius 1 is 0.812 bits per heavy atom. The van der Waals surface area contributed by atoms with E-state index in [1.807, 2.05) is 0 Å². The molecule has 0 atom stereocenters. The second-order valence-electron chi connectivity index (χ2n) is 2.55. The van der Waals surface area contributed by atoms with Crippen molar-refractivity contribution in [3.63, 3.8) is 0 Å². The Bertz CT molecular complexity index is 399. The maximum absolute atomic E-state index is 12.7.